The molecule has 0 aliphatic carbocycles. The first-order chi connectivity index (χ1) is 7.58. The molecule has 0 aliphatic heterocycles. The van der Waals surface area contributed by atoms with Crippen LogP contribution in [0.1, 0.15) is 0 Å². The van der Waals surface area contributed by atoms with Crippen molar-refractivity contribution < 1.29 is 5.48 Å². The van der Waals surface area contributed by atoms with Gasteiger partial charge in [-0.05, 0) is 0 Å². The second kappa shape index (κ2) is 6.74. The monoisotopic (exact) mass is 242 g/mol. The summed E-state index contributed by atoms with van der Waals surface area (Å²) in [5.74, 6) is 0. The molecule has 0 atom stereocenters. The van der Waals surface area contributed by atoms with Gasteiger partial charge in [0.15, 0.2) is 0 Å². The molecule has 0 aromatic carbocycles. The fraction of sp³-hybridized carbons (Fsp3) is 0. The van der Waals surface area contributed by atoms with Gasteiger partial charge in [0.2, 0.25) is 0 Å². The van der Waals surface area contributed by atoms with Crippen molar-refractivity contribution in [2.45, 2.75) is 0 Å². The molecule has 0 radical (unpaired) electrons. The van der Waals surface area contributed by atoms with Gasteiger partial charge in [0.25, 0.3) is 11.1 Å². The number of hydrogen-bond donors (Lipinski definition) is 4. The Morgan fingerprint density at radius 3 is 1.24 bits per heavy atom. The molecule has 92 valence electrons. The molecule has 2 aromatic heterocycles. The highest BCUT2D eigenvalue weighted by molar-refractivity contribution is 4.78. The molecule has 0 fully saturated rings. The maximum absolute atomic E-state index is 10.2. The van der Waals surface area contributed by atoms with Crippen molar-refractivity contribution in [3.05, 3.63) is 66.2 Å². The van der Waals surface area contributed by atoms with E-state index in [1.165, 1.54) is 24.5 Å². The Morgan fingerprint density at radius 1 is 0.706 bits per heavy atom. The van der Waals surface area contributed by atoms with Crippen LogP contribution in [0.2, 0.25) is 0 Å². The molecule has 0 spiro atoms. The summed E-state index contributed by atoms with van der Waals surface area (Å²) in [4.78, 5) is 49.3. The highest BCUT2D eigenvalue weighted by atomic mass is 16.2. The molecular formula is C8H10N4O5. The van der Waals surface area contributed by atoms with Gasteiger partial charge in [-0.1, -0.05) is 0 Å². The van der Waals surface area contributed by atoms with Crippen LogP contribution in [0, 0.1) is 0 Å². The Kier molecular flexibility index (Phi) is 5.68. The molecule has 9 heteroatoms. The van der Waals surface area contributed by atoms with Crippen LogP contribution in [0.15, 0.2) is 43.7 Å². The van der Waals surface area contributed by atoms with Crippen molar-refractivity contribution >= 4 is 0 Å². The highest BCUT2D eigenvalue weighted by Gasteiger charge is 1.78. The Morgan fingerprint density at radius 2 is 1.06 bits per heavy atom. The summed E-state index contributed by atoms with van der Waals surface area (Å²) in [5.41, 5.74) is -1.71. The molecule has 0 saturated carbocycles. The standard InChI is InChI=1S/2C4H4N2O2.H2O/c2*7-3-1-2-5-4(8)6-3;/h2*1-2H,(H2,5,6,7,8);1H2. The summed E-state index contributed by atoms with van der Waals surface area (Å²) in [6.07, 6.45) is 2.59. The molecule has 0 unspecified atom stereocenters. The van der Waals surface area contributed by atoms with Crippen molar-refractivity contribution in [1.29, 1.82) is 0 Å². The maximum Gasteiger partial charge on any atom is 0.325 e. The summed E-state index contributed by atoms with van der Waals surface area (Å²) in [6, 6.07) is 2.48. The van der Waals surface area contributed by atoms with Gasteiger partial charge in [0, 0.05) is 24.5 Å². The van der Waals surface area contributed by atoms with Crippen LogP contribution < -0.4 is 22.5 Å². The first-order valence-electron chi connectivity index (χ1n) is 4.14. The average Bonchev–Trinajstić information content (AvgIpc) is 2.17. The highest BCUT2D eigenvalue weighted by Crippen LogP contribution is 1.51. The van der Waals surface area contributed by atoms with E-state index >= 15 is 0 Å². The van der Waals surface area contributed by atoms with Crippen molar-refractivity contribution in [2.24, 2.45) is 0 Å². The van der Waals surface area contributed by atoms with E-state index in [1.807, 2.05) is 9.97 Å². The lowest BCUT2D eigenvalue weighted by molar-refractivity contribution is 0.824. The predicted molar refractivity (Wildman–Crippen MR) is 59.0 cm³/mol. The van der Waals surface area contributed by atoms with E-state index in [4.69, 9.17) is 0 Å². The van der Waals surface area contributed by atoms with Crippen LogP contribution in [-0.4, -0.2) is 25.4 Å². The summed E-state index contributed by atoms with van der Waals surface area (Å²) >= 11 is 0. The van der Waals surface area contributed by atoms with Crippen LogP contribution >= 0.6 is 0 Å². The smallest absolute Gasteiger partial charge is 0.325 e. The number of H-pyrrole nitrogens is 4. The van der Waals surface area contributed by atoms with Gasteiger partial charge in [-0.15, -0.1) is 0 Å². The predicted octanol–water partition coefficient (Wildman–Crippen LogP) is -2.70. The van der Waals surface area contributed by atoms with Gasteiger partial charge in [-0.25, -0.2) is 9.59 Å². The second-order valence-electron chi connectivity index (χ2n) is 2.59. The number of hydrogen-bond acceptors (Lipinski definition) is 4. The lowest BCUT2D eigenvalue weighted by atomic mass is 10.7. The quantitative estimate of drug-likeness (QED) is 0.395. The lowest BCUT2D eigenvalue weighted by Crippen LogP contribution is -2.19. The largest absolute Gasteiger partial charge is 0.412 e. The fourth-order valence-electron chi connectivity index (χ4n) is 0.765. The summed E-state index contributed by atoms with van der Waals surface area (Å²) < 4.78 is 0. The van der Waals surface area contributed by atoms with E-state index in [1.54, 1.807) is 0 Å². The minimum atomic E-state index is -0.475. The van der Waals surface area contributed by atoms with E-state index in [2.05, 4.69) is 9.97 Å². The van der Waals surface area contributed by atoms with E-state index in [-0.39, 0.29) is 16.6 Å². The summed E-state index contributed by atoms with van der Waals surface area (Å²) in [5, 5.41) is 0. The number of rotatable bonds is 0. The minimum absolute atomic E-state index is 0. The van der Waals surface area contributed by atoms with Crippen LogP contribution in [0.25, 0.3) is 0 Å². The molecule has 0 aliphatic rings. The van der Waals surface area contributed by atoms with Crippen LogP contribution in [-0.2, 0) is 0 Å². The van der Waals surface area contributed by atoms with Crippen LogP contribution in [0.3, 0.4) is 0 Å². The Bertz CT molecular complexity index is 554. The van der Waals surface area contributed by atoms with Crippen molar-refractivity contribution in [3.8, 4) is 0 Å². The summed E-state index contributed by atoms with van der Waals surface area (Å²) in [6.45, 7) is 0. The molecule has 2 aromatic rings. The van der Waals surface area contributed by atoms with Crippen molar-refractivity contribution in [1.82, 2.24) is 19.9 Å². The number of aromatic amines is 4. The molecule has 2 heterocycles. The van der Waals surface area contributed by atoms with Gasteiger partial charge in [-0.2, -0.15) is 0 Å². The normalized spacial score (nSPS) is 8.47. The fourth-order valence-corrected chi connectivity index (χ4v) is 0.765. The maximum atomic E-state index is 10.2. The van der Waals surface area contributed by atoms with Gasteiger partial charge < -0.3 is 15.4 Å². The van der Waals surface area contributed by atoms with Crippen molar-refractivity contribution in [3.63, 3.8) is 0 Å². The second-order valence-corrected chi connectivity index (χ2v) is 2.59. The van der Waals surface area contributed by atoms with Crippen LogP contribution in [0.4, 0.5) is 0 Å². The van der Waals surface area contributed by atoms with Crippen molar-refractivity contribution in [2.75, 3.05) is 0 Å². The van der Waals surface area contributed by atoms with Crippen LogP contribution in [0.5, 0.6) is 0 Å². The molecule has 0 amide bonds. The molecule has 2 rings (SSSR count). The zero-order valence-electron chi connectivity index (χ0n) is 8.44. The van der Waals surface area contributed by atoms with E-state index in [0.29, 0.717) is 0 Å². The third-order valence-electron chi connectivity index (χ3n) is 1.37. The average molecular weight is 242 g/mol. The third-order valence-corrected chi connectivity index (χ3v) is 1.37. The first kappa shape index (κ1) is 14.3. The van der Waals surface area contributed by atoms with Gasteiger partial charge in [0.1, 0.15) is 0 Å². The minimum Gasteiger partial charge on any atom is -0.412 e. The molecule has 0 saturated heterocycles. The molecular weight excluding hydrogens is 232 g/mol. The number of aromatic nitrogens is 4. The lowest BCUT2D eigenvalue weighted by Gasteiger charge is -1.75. The van der Waals surface area contributed by atoms with E-state index in [0.717, 1.165) is 0 Å². The topological polar surface area (TPSA) is 163 Å². The molecule has 17 heavy (non-hydrogen) atoms. The first-order valence-corrected chi connectivity index (χ1v) is 4.14. The number of nitrogens with one attached hydrogen (secondary N) is 4. The van der Waals surface area contributed by atoms with E-state index < -0.39 is 11.4 Å². The van der Waals surface area contributed by atoms with Gasteiger partial charge in [-0.3, -0.25) is 19.6 Å². The molecule has 0 bridgehead atoms. The SMILES string of the molecule is O.O=c1cc[nH]c(=O)[nH]1.O=c1cc[nH]c(=O)[nH]1. The third kappa shape index (κ3) is 5.69. The zero-order valence-corrected chi connectivity index (χ0v) is 8.44. The Balaban J connectivity index is 0.000000284. The van der Waals surface area contributed by atoms with Gasteiger partial charge >= 0.3 is 11.4 Å². The Labute approximate surface area is 92.5 Å². The van der Waals surface area contributed by atoms with Gasteiger partial charge in [0.05, 0.1) is 0 Å². The summed E-state index contributed by atoms with van der Waals surface area (Å²) in [7, 11) is 0. The molecule has 6 N–H and O–H groups in total. The molecule has 9 nitrogen and oxygen atoms in total. The Hall–Kier alpha value is -2.68. The zero-order chi connectivity index (χ0) is 12.0. The van der Waals surface area contributed by atoms with E-state index in [9.17, 15) is 19.2 Å².